The predicted octanol–water partition coefficient (Wildman–Crippen LogP) is -1.34. The number of carboxylic acids is 1. The van der Waals surface area contributed by atoms with E-state index in [1.165, 1.54) is 0 Å². The molecular weight excluding hydrogens is 258 g/mol. The molecule has 0 aromatic carbocycles. The largest absolute Gasteiger partial charge is 0.481 e. The van der Waals surface area contributed by atoms with E-state index in [4.69, 9.17) is 9.84 Å². The monoisotopic (exact) mass is 271 g/mol. The SMILES string of the molecule is O=C(O)CC1(O)CC(=O)N(C2CCCOC2=O)C1=O. The quantitative estimate of drug-likeness (QED) is 0.481. The zero-order chi connectivity index (χ0) is 14.2. The predicted molar refractivity (Wildman–Crippen MR) is 57.7 cm³/mol. The molecule has 104 valence electrons. The van der Waals surface area contributed by atoms with Crippen LogP contribution in [0.2, 0.25) is 0 Å². The molecule has 2 unspecified atom stereocenters. The average molecular weight is 271 g/mol. The Morgan fingerprint density at radius 2 is 2.11 bits per heavy atom. The number of rotatable bonds is 3. The normalized spacial score (nSPS) is 31.5. The third kappa shape index (κ3) is 2.30. The summed E-state index contributed by atoms with van der Waals surface area (Å²) in [5.74, 6) is -3.88. The number of esters is 1. The number of amides is 2. The van der Waals surface area contributed by atoms with Crippen molar-refractivity contribution >= 4 is 23.8 Å². The van der Waals surface area contributed by atoms with Gasteiger partial charge in [0.05, 0.1) is 19.4 Å². The Hall–Kier alpha value is -1.96. The number of ether oxygens (including phenoxy) is 1. The molecule has 2 aliphatic rings. The van der Waals surface area contributed by atoms with Gasteiger partial charge in [-0.3, -0.25) is 19.3 Å². The fourth-order valence-electron chi connectivity index (χ4n) is 2.35. The van der Waals surface area contributed by atoms with Crippen LogP contribution in [0, 0.1) is 0 Å². The number of aliphatic carboxylic acids is 1. The second kappa shape index (κ2) is 4.61. The smallest absolute Gasteiger partial charge is 0.329 e. The molecule has 2 fully saturated rings. The van der Waals surface area contributed by atoms with E-state index < -0.39 is 48.2 Å². The Morgan fingerprint density at radius 3 is 2.68 bits per heavy atom. The maximum absolute atomic E-state index is 12.0. The second-order valence-electron chi connectivity index (χ2n) is 4.67. The van der Waals surface area contributed by atoms with E-state index >= 15 is 0 Å². The Labute approximate surface area is 107 Å². The zero-order valence-corrected chi connectivity index (χ0v) is 10.00. The van der Waals surface area contributed by atoms with E-state index in [-0.39, 0.29) is 13.0 Å². The van der Waals surface area contributed by atoms with Gasteiger partial charge in [-0.2, -0.15) is 0 Å². The van der Waals surface area contributed by atoms with Crippen molar-refractivity contribution in [2.45, 2.75) is 37.3 Å². The summed E-state index contributed by atoms with van der Waals surface area (Å²) in [5.41, 5.74) is -2.26. The van der Waals surface area contributed by atoms with Gasteiger partial charge in [0.2, 0.25) is 5.91 Å². The van der Waals surface area contributed by atoms with Crippen molar-refractivity contribution in [2.24, 2.45) is 0 Å². The van der Waals surface area contributed by atoms with E-state index in [2.05, 4.69) is 0 Å². The van der Waals surface area contributed by atoms with Gasteiger partial charge < -0.3 is 14.9 Å². The lowest BCUT2D eigenvalue weighted by Gasteiger charge is -2.28. The Balaban J connectivity index is 2.23. The van der Waals surface area contributed by atoms with Crippen molar-refractivity contribution in [1.82, 2.24) is 4.90 Å². The van der Waals surface area contributed by atoms with Crippen molar-refractivity contribution in [3.05, 3.63) is 0 Å². The number of cyclic esters (lactones) is 1. The van der Waals surface area contributed by atoms with Crippen LogP contribution in [0.3, 0.4) is 0 Å². The lowest BCUT2D eigenvalue weighted by Crippen LogP contribution is -2.51. The highest BCUT2D eigenvalue weighted by Crippen LogP contribution is 2.31. The minimum atomic E-state index is -2.26. The van der Waals surface area contributed by atoms with Crippen molar-refractivity contribution in [3.8, 4) is 0 Å². The zero-order valence-electron chi connectivity index (χ0n) is 10.00. The lowest BCUT2D eigenvalue weighted by molar-refractivity contribution is -0.165. The van der Waals surface area contributed by atoms with Gasteiger partial charge in [0.25, 0.3) is 5.91 Å². The maximum atomic E-state index is 12.0. The second-order valence-corrected chi connectivity index (χ2v) is 4.67. The molecule has 0 bridgehead atoms. The van der Waals surface area contributed by atoms with Gasteiger partial charge in [0, 0.05) is 0 Å². The molecule has 8 nitrogen and oxygen atoms in total. The molecule has 2 N–H and O–H groups in total. The number of carbonyl (C=O) groups excluding carboxylic acids is 3. The summed E-state index contributed by atoms with van der Waals surface area (Å²) in [6, 6.07) is -1.06. The summed E-state index contributed by atoms with van der Waals surface area (Å²) in [7, 11) is 0. The molecule has 0 saturated carbocycles. The minimum absolute atomic E-state index is 0.227. The van der Waals surface area contributed by atoms with Crippen molar-refractivity contribution in [3.63, 3.8) is 0 Å². The highest BCUT2D eigenvalue weighted by atomic mass is 16.5. The van der Waals surface area contributed by atoms with Gasteiger partial charge >= 0.3 is 11.9 Å². The summed E-state index contributed by atoms with van der Waals surface area (Å²) in [4.78, 5) is 46.6. The van der Waals surface area contributed by atoms with Gasteiger partial charge in [-0.05, 0) is 12.8 Å². The average Bonchev–Trinajstić information content (AvgIpc) is 2.50. The Morgan fingerprint density at radius 1 is 1.42 bits per heavy atom. The first-order valence-electron chi connectivity index (χ1n) is 5.82. The van der Waals surface area contributed by atoms with Crippen LogP contribution in [0.1, 0.15) is 25.7 Å². The van der Waals surface area contributed by atoms with E-state index in [9.17, 15) is 24.3 Å². The number of carboxylic acid groups (broad SMARTS) is 1. The summed E-state index contributed by atoms with van der Waals surface area (Å²) in [6.45, 7) is 0.227. The Kier molecular flexibility index (Phi) is 3.27. The number of nitrogens with zero attached hydrogens (tertiary/aromatic N) is 1. The molecule has 0 aromatic heterocycles. The van der Waals surface area contributed by atoms with E-state index in [0.29, 0.717) is 11.3 Å². The van der Waals surface area contributed by atoms with Gasteiger partial charge in [0.15, 0.2) is 5.60 Å². The van der Waals surface area contributed by atoms with Crippen LogP contribution in [0.4, 0.5) is 0 Å². The highest BCUT2D eigenvalue weighted by molar-refractivity contribution is 6.11. The van der Waals surface area contributed by atoms with E-state index in [1.54, 1.807) is 0 Å². The van der Waals surface area contributed by atoms with Crippen LogP contribution in [0.25, 0.3) is 0 Å². The van der Waals surface area contributed by atoms with Crippen LogP contribution in [0.5, 0.6) is 0 Å². The number of imide groups is 1. The molecule has 0 spiro atoms. The maximum Gasteiger partial charge on any atom is 0.329 e. The topological polar surface area (TPSA) is 121 Å². The van der Waals surface area contributed by atoms with E-state index in [0.717, 1.165) is 0 Å². The molecule has 2 atom stereocenters. The number of hydrogen-bond donors (Lipinski definition) is 2. The number of hydrogen-bond acceptors (Lipinski definition) is 6. The first-order chi connectivity index (χ1) is 8.85. The molecule has 19 heavy (non-hydrogen) atoms. The molecule has 2 aliphatic heterocycles. The molecule has 2 saturated heterocycles. The summed E-state index contributed by atoms with van der Waals surface area (Å²) < 4.78 is 4.77. The van der Waals surface area contributed by atoms with Crippen molar-refractivity contribution in [2.75, 3.05) is 6.61 Å². The van der Waals surface area contributed by atoms with Crippen LogP contribution >= 0.6 is 0 Å². The van der Waals surface area contributed by atoms with Crippen LogP contribution in [-0.2, 0) is 23.9 Å². The number of likely N-dealkylation sites (tertiary alicyclic amines) is 1. The van der Waals surface area contributed by atoms with Gasteiger partial charge in [-0.25, -0.2) is 4.79 Å². The molecule has 2 rings (SSSR count). The number of aliphatic hydroxyl groups is 1. The summed E-state index contributed by atoms with van der Waals surface area (Å²) in [5, 5.41) is 18.6. The first-order valence-corrected chi connectivity index (χ1v) is 5.82. The van der Waals surface area contributed by atoms with E-state index in [1.807, 2.05) is 0 Å². The molecule has 0 aliphatic carbocycles. The van der Waals surface area contributed by atoms with Crippen molar-refractivity contribution < 1.29 is 34.1 Å². The molecule has 2 amide bonds. The molecule has 0 radical (unpaired) electrons. The number of carbonyl (C=O) groups is 4. The fraction of sp³-hybridized carbons (Fsp3) is 0.636. The minimum Gasteiger partial charge on any atom is -0.481 e. The van der Waals surface area contributed by atoms with Gasteiger partial charge in [-0.1, -0.05) is 0 Å². The molecule has 2 heterocycles. The Bertz CT molecular complexity index is 460. The molecular formula is C11H13NO7. The van der Waals surface area contributed by atoms with Crippen molar-refractivity contribution in [1.29, 1.82) is 0 Å². The fourth-order valence-corrected chi connectivity index (χ4v) is 2.35. The molecule has 0 aromatic rings. The molecule has 8 heteroatoms. The van der Waals surface area contributed by atoms with Gasteiger partial charge in [0.1, 0.15) is 6.04 Å². The first kappa shape index (κ1) is 13.5. The summed E-state index contributed by atoms with van der Waals surface area (Å²) >= 11 is 0. The van der Waals surface area contributed by atoms with Crippen LogP contribution < -0.4 is 0 Å². The standard InChI is InChI=1S/C11H13NO7/c13-7-4-11(18,5-8(14)15)10(17)12(7)6-2-1-3-19-9(6)16/h6,18H,1-5H2,(H,14,15). The highest BCUT2D eigenvalue weighted by Gasteiger charge is 2.55. The third-order valence-electron chi connectivity index (χ3n) is 3.22. The van der Waals surface area contributed by atoms with Gasteiger partial charge in [-0.15, -0.1) is 0 Å². The van der Waals surface area contributed by atoms with Crippen LogP contribution in [0.15, 0.2) is 0 Å². The third-order valence-corrected chi connectivity index (χ3v) is 3.22. The van der Waals surface area contributed by atoms with Crippen LogP contribution in [-0.4, -0.2) is 57.1 Å². The summed E-state index contributed by atoms with van der Waals surface area (Å²) in [6.07, 6.45) is -0.720. The lowest BCUT2D eigenvalue weighted by atomic mass is 9.98.